The third-order valence-corrected chi connectivity index (χ3v) is 2.76. The summed E-state index contributed by atoms with van der Waals surface area (Å²) >= 11 is 11.6. The van der Waals surface area contributed by atoms with Crippen LogP contribution in [-0.4, -0.2) is 28.6 Å². The van der Waals surface area contributed by atoms with E-state index in [0.717, 1.165) is 0 Å². The average Bonchev–Trinajstić information content (AvgIpc) is 2.32. The van der Waals surface area contributed by atoms with E-state index >= 15 is 0 Å². The zero-order valence-corrected chi connectivity index (χ0v) is 11.4. The molecule has 3 N–H and O–H groups in total. The SMILES string of the molecule is O=C(O)CCC(=O)NCC(O)c1cc(Cl)cc(Cl)c1. The molecule has 0 spiro atoms. The van der Waals surface area contributed by atoms with Crippen molar-refractivity contribution in [3.05, 3.63) is 33.8 Å². The zero-order valence-electron chi connectivity index (χ0n) is 9.90. The summed E-state index contributed by atoms with van der Waals surface area (Å²) in [7, 11) is 0. The molecule has 0 aromatic heterocycles. The lowest BCUT2D eigenvalue weighted by Crippen LogP contribution is -2.28. The Hall–Kier alpha value is -1.30. The second-order valence-corrected chi connectivity index (χ2v) is 4.79. The number of benzene rings is 1. The van der Waals surface area contributed by atoms with Crippen molar-refractivity contribution >= 4 is 35.1 Å². The number of hydrogen-bond acceptors (Lipinski definition) is 3. The van der Waals surface area contributed by atoms with Gasteiger partial charge in [0.1, 0.15) is 0 Å². The molecule has 104 valence electrons. The molecule has 0 aliphatic heterocycles. The number of rotatable bonds is 6. The van der Waals surface area contributed by atoms with E-state index in [-0.39, 0.29) is 19.4 Å². The second kappa shape index (κ2) is 7.33. The summed E-state index contributed by atoms with van der Waals surface area (Å²) < 4.78 is 0. The Morgan fingerprint density at radius 1 is 1.16 bits per heavy atom. The Morgan fingerprint density at radius 3 is 2.26 bits per heavy atom. The van der Waals surface area contributed by atoms with Gasteiger partial charge in [0.25, 0.3) is 0 Å². The highest BCUT2D eigenvalue weighted by Gasteiger charge is 2.12. The third kappa shape index (κ3) is 5.92. The number of carbonyl (C=O) groups excluding carboxylic acids is 1. The number of carbonyl (C=O) groups is 2. The minimum Gasteiger partial charge on any atom is -0.481 e. The van der Waals surface area contributed by atoms with Crippen molar-refractivity contribution in [2.75, 3.05) is 6.54 Å². The van der Waals surface area contributed by atoms with Crippen LogP contribution in [0.25, 0.3) is 0 Å². The molecular formula is C12H13Cl2NO4. The van der Waals surface area contributed by atoms with Gasteiger partial charge >= 0.3 is 5.97 Å². The normalized spacial score (nSPS) is 11.9. The molecule has 0 fully saturated rings. The summed E-state index contributed by atoms with van der Waals surface area (Å²) in [4.78, 5) is 21.6. The number of halogens is 2. The highest BCUT2D eigenvalue weighted by molar-refractivity contribution is 6.34. The standard InChI is InChI=1S/C12H13Cl2NO4/c13-8-3-7(4-9(14)5-8)10(16)6-15-11(17)1-2-12(18)19/h3-5,10,16H,1-2,6H2,(H,15,17)(H,18,19). The Bertz CT molecular complexity index is 459. The van der Waals surface area contributed by atoms with Crippen LogP contribution in [0.1, 0.15) is 24.5 Å². The highest BCUT2D eigenvalue weighted by Crippen LogP contribution is 2.23. The quantitative estimate of drug-likeness (QED) is 0.750. The van der Waals surface area contributed by atoms with Crippen LogP contribution in [0.4, 0.5) is 0 Å². The van der Waals surface area contributed by atoms with Gasteiger partial charge < -0.3 is 15.5 Å². The maximum atomic E-state index is 11.3. The number of aliphatic hydroxyl groups is 1. The van der Waals surface area contributed by atoms with Gasteiger partial charge in [0.2, 0.25) is 5.91 Å². The van der Waals surface area contributed by atoms with Gasteiger partial charge in [0.15, 0.2) is 0 Å². The summed E-state index contributed by atoms with van der Waals surface area (Å²) in [5, 5.41) is 21.5. The molecule has 0 aliphatic carbocycles. The maximum Gasteiger partial charge on any atom is 0.303 e. The molecule has 1 aromatic rings. The number of carboxylic acids is 1. The molecule has 0 bridgehead atoms. The van der Waals surface area contributed by atoms with Crippen molar-refractivity contribution in [2.24, 2.45) is 0 Å². The molecular weight excluding hydrogens is 293 g/mol. The fourth-order valence-electron chi connectivity index (χ4n) is 1.40. The molecule has 0 radical (unpaired) electrons. The molecule has 0 heterocycles. The summed E-state index contributed by atoms with van der Waals surface area (Å²) in [6.45, 7) is -0.0326. The second-order valence-electron chi connectivity index (χ2n) is 3.92. The van der Waals surface area contributed by atoms with E-state index in [9.17, 15) is 14.7 Å². The Balaban J connectivity index is 2.48. The predicted octanol–water partition coefficient (Wildman–Crippen LogP) is 2.01. The molecule has 1 aromatic carbocycles. The number of aliphatic carboxylic acids is 1. The summed E-state index contributed by atoms with van der Waals surface area (Å²) in [5.41, 5.74) is 0.482. The Labute approximate surface area is 120 Å². The van der Waals surface area contributed by atoms with E-state index in [0.29, 0.717) is 15.6 Å². The summed E-state index contributed by atoms with van der Waals surface area (Å²) in [6, 6.07) is 4.62. The van der Waals surface area contributed by atoms with E-state index in [1.807, 2.05) is 0 Å². The largest absolute Gasteiger partial charge is 0.481 e. The monoisotopic (exact) mass is 305 g/mol. The smallest absolute Gasteiger partial charge is 0.303 e. The van der Waals surface area contributed by atoms with E-state index in [2.05, 4.69) is 5.32 Å². The molecule has 0 saturated heterocycles. The van der Waals surface area contributed by atoms with Crippen LogP contribution in [-0.2, 0) is 9.59 Å². The van der Waals surface area contributed by atoms with Gasteiger partial charge in [0.05, 0.1) is 12.5 Å². The molecule has 1 unspecified atom stereocenters. The van der Waals surface area contributed by atoms with E-state index in [1.165, 1.54) is 6.07 Å². The van der Waals surface area contributed by atoms with Crippen molar-refractivity contribution in [1.29, 1.82) is 0 Å². The van der Waals surface area contributed by atoms with Crippen LogP contribution in [0.2, 0.25) is 10.0 Å². The molecule has 0 aliphatic rings. The molecule has 1 atom stereocenters. The van der Waals surface area contributed by atoms with Crippen molar-refractivity contribution in [3.8, 4) is 0 Å². The van der Waals surface area contributed by atoms with Crippen LogP contribution in [0.5, 0.6) is 0 Å². The van der Waals surface area contributed by atoms with Gasteiger partial charge in [-0.2, -0.15) is 0 Å². The summed E-state index contributed by atoms with van der Waals surface area (Å²) in [6.07, 6.45) is -1.33. The average molecular weight is 306 g/mol. The van der Waals surface area contributed by atoms with Crippen molar-refractivity contribution in [3.63, 3.8) is 0 Å². The molecule has 7 heteroatoms. The van der Waals surface area contributed by atoms with Gasteiger partial charge in [-0.25, -0.2) is 0 Å². The first-order chi connectivity index (χ1) is 8.88. The van der Waals surface area contributed by atoms with E-state index in [4.69, 9.17) is 28.3 Å². The topological polar surface area (TPSA) is 86.6 Å². The molecule has 0 saturated carbocycles. The van der Waals surface area contributed by atoms with Gasteiger partial charge in [0, 0.05) is 23.0 Å². The van der Waals surface area contributed by atoms with Crippen LogP contribution >= 0.6 is 23.2 Å². The first-order valence-corrected chi connectivity index (χ1v) is 6.26. The van der Waals surface area contributed by atoms with Crippen LogP contribution in [0, 0.1) is 0 Å². The van der Waals surface area contributed by atoms with Crippen molar-refractivity contribution < 1.29 is 19.8 Å². The lowest BCUT2D eigenvalue weighted by atomic mass is 10.1. The van der Waals surface area contributed by atoms with E-state index < -0.39 is 18.0 Å². The van der Waals surface area contributed by atoms with Gasteiger partial charge in [-0.05, 0) is 23.8 Å². The maximum absolute atomic E-state index is 11.3. The van der Waals surface area contributed by atoms with Crippen LogP contribution in [0.3, 0.4) is 0 Å². The van der Waals surface area contributed by atoms with Crippen LogP contribution in [0.15, 0.2) is 18.2 Å². The molecule has 1 rings (SSSR count). The minimum absolute atomic E-state index is 0.0326. The third-order valence-electron chi connectivity index (χ3n) is 2.33. The van der Waals surface area contributed by atoms with E-state index in [1.54, 1.807) is 12.1 Å². The predicted molar refractivity (Wildman–Crippen MR) is 71.3 cm³/mol. The van der Waals surface area contributed by atoms with Gasteiger partial charge in [-0.3, -0.25) is 9.59 Å². The number of aliphatic hydroxyl groups excluding tert-OH is 1. The summed E-state index contributed by atoms with van der Waals surface area (Å²) in [5.74, 6) is -1.48. The van der Waals surface area contributed by atoms with Gasteiger partial charge in [-0.1, -0.05) is 23.2 Å². The van der Waals surface area contributed by atoms with Crippen molar-refractivity contribution in [2.45, 2.75) is 18.9 Å². The van der Waals surface area contributed by atoms with Crippen molar-refractivity contribution in [1.82, 2.24) is 5.32 Å². The number of carboxylic acid groups (broad SMARTS) is 1. The minimum atomic E-state index is -1.04. The highest BCUT2D eigenvalue weighted by atomic mass is 35.5. The number of hydrogen-bond donors (Lipinski definition) is 3. The fourth-order valence-corrected chi connectivity index (χ4v) is 1.95. The van der Waals surface area contributed by atoms with Crippen LogP contribution < -0.4 is 5.32 Å². The number of nitrogens with one attached hydrogen (secondary N) is 1. The molecule has 5 nitrogen and oxygen atoms in total. The molecule has 1 amide bonds. The number of amides is 1. The van der Waals surface area contributed by atoms with Gasteiger partial charge in [-0.15, -0.1) is 0 Å². The lowest BCUT2D eigenvalue weighted by Gasteiger charge is -2.13. The Kier molecular flexibility index (Phi) is 6.08. The zero-order chi connectivity index (χ0) is 14.4. The first-order valence-electron chi connectivity index (χ1n) is 5.51. The fraction of sp³-hybridized carbons (Fsp3) is 0.333. The first kappa shape index (κ1) is 15.8. The molecule has 19 heavy (non-hydrogen) atoms. The lowest BCUT2D eigenvalue weighted by molar-refractivity contribution is -0.138. The Morgan fingerprint density at radius 2 is 1.74 bits per heavy atom.